The number of benzene rings is 2. The molecule has 0 aliphatic rings. The van der Waals surface area contributed by atoms with Gasteiger partial charge >= 0.3 is 0 Å². The molecule has 2 aromatic rings. The molecule has 152 valence electrons. The summed E-state index contributed by atoms with van der Waals surface area (Å²) in [7, 11) is -2.37. The van der Waals surface area contributed by atoms with Crippen molar-refractivity contribution in [3.05, 3.63) is 53.6 Å². The first kappa shape index (κ1) is 22.3. The number of methoxy groups -OCH3 is 1. The normalized spacial score (nSPS) is 12.4. The van der Waals surface area contributed by atoms with Gasteiger partial charge in [0.25, 0.3) is 5.91 Å². The summed E-state index contributed by atoms with van der Waals surface area (Å²) in [6, 6.07) is 12.1. The van der Waals surface area contributed by atoms with Gasteiger partial charge in [-0.2, -0.15) is 0 Å². The van der Waals surface area contributed by atoms with Crippen LogP contribution in [-0.2, 0) is 10.0 Å². The van der Waals surface area contributed by atoms with E-state index in [1.54, 1.807) is 17.8 Å². The van der Waals surface area contributed by atoms with Gasteiger partial charge in [-0.3, -0.25) is 4.79 Å². The molecule has 8 heteroatoms. The second kappa shape index (κ2) is 9.95. The van der Waals surface area contributed by atoms with Gasteiger partial charge in [0.15, 0.2) is 0 Å². The van der Waals surface area contributed by atoms with Crippen LogP contribution in [0.2, 0.25) is 0 Å². The molecule has 28 heavy (non-hydrogen) atoms. The van der Waals surface area contributed by atoms with Gasteiger partial charge in [0.1, 0.15) is 10.6 Å². The average Bonchev–Trinajstić information content (AvgIpc) is 2.71. The van der Waals surface area contributed by atoms with Gasteiger partial charge in [-0.1, -0.05) is 19.1 Å². The highest BCUT2D eigenvalue weighted by Crippen LogP contribution is 2.25. The SMILES string of the molecule is CCCNS(=O)(=O)c1cc(C(=O)NC(C)c2ccc(SC)cc2)ccc1OC. The van der Waals surface area contributed by atoms with Crippen LogP contribution < -0.4 is 14.8 Å². The number of nitrogens with one attached hydrogen (secondary N) is 2. The van der Waals surface area contributed by atoms with Crippen LogP contribution in [0.1, 0.15) is 42.2 Å². The molecule has 0 bridgehead atoms. The largest absolute Gasteiger partial charge is 0.495 e. The van der Waals surface area contributed by atoms with Crippen LogP contribution in [0.4, 0.5) is 0 Å². The van der Waals surface area contributed by atoms with E-state index < -0.39 is 10.0 Å². The summed E-state index contributed by atoms with van der Waals surface area (Å²) in [5.74, 6) is -0.156. The first-order chi connectivity index (χ1) is 13.3. The molecule has 0 radical (unpaired) electrons. The zero-order valence-corrected chi connectivity index (χ0v) is 18.1. The molecule has 2 aromatic carbocycles. The number of rotatable bonds is 9. The van der Waals surface area contributed by atoms with Crippen LogP contribution >= 0.6 is 11.8 Å². The topological polar surface area (TPSA) is 84.5 Å². The molecule has 1 atom stereocenters. The van der Waals surface area contributed by atoms with Crippen LogP contribution in [0.15, 0.2) is 52.3 Å². The molecule has 1 unspecified atom stereocenters. The van der Waals surface area contributed by atoms with Gasteiger partial charge in [-0.15, -0.1) is 11.8 Å². The molecule has 0 aliphatic carbocycles. The zero-order chi connectivity index (χ0) is 20.7. The van der Waals surface area contributed by atoms with E-state index >= 15 is 0 Å². The Labute approximate surface area is 171 Å². The molecule has 0 fully saturated rings. The van der Waals surface area contributed by atoms with Crippen molar-refractivity contribution in [3.63, 3.8) is 0 Å². The minimum atomic E-state index is -3.77. The molecule has 0 saturated heterocycles. The number of sulfonamides is 1. The Bertz CT molecular complexity index is 912. The van der Waals surface area contributed by atoms with Crippen LogP contribution in [-0.4, -0.2) is 34.2 Å². The second-order valence-corrected chi connectivity index (χ2v) is 8.85. The summed E-state index contributed by atoms with van der Waals surface area (Å²) in [6.07, 6.45) is 2.67. The number of hydrogen-bond donors (Lipinski definition) is 2. The Hall–Kier alpha value is -2.03. The molecule has 1 amide bonds. The van der Waals surface area contributed by atoms with Gasteiger partial charge < -0.3 is 10.1 Å². The van der Waals surface area contributed by atoms with Gasteiger partial charge in [-0.05, 0) is 55.5 Å². The van der Waals surface area contributed by atoms with E-state index in [1.807, 2.05) is 44.4 Å². The minimum Gasteiger partial charge on any atom is -0.495 e. The van der Waals surface area contributed by atoms with Crippen molar-refractivity contribution >= 4 is 27.7 Å². The molecule has 2 rings (SSSR count). The van der Waals surface area contributed by atoms with Crippen molar-refractivity contribution in [2.75, 3.05) is 19.9 Å². The Morgan fingerprint density at radius 3 is 2.43 bits per heavy atom. The van der Waals surface area contributed by atoms with Crippen molar-refractivity contribution in [1.29, 1.82) is 0 Å². The highest BCUT2D eigenvalue weighted by Gasteiger charge is 2.22. The van der Waals surface area contributed by atoms with E-state index in [-0.39, 0.29) is 28.2 Å². The van der Waals surface area contributed by atoms with Crippen molar-refractivity contribution < 1.29 is 17.9 Å². The molecular formula is C20H26N2O4S2. The molecule has 6 nitrogen and oxygen atoms in total. The molecule has 0 aliphatic heterocycles. The van der Waals surface area contributed by atoms with Crippen molar-refractivity contribution in [3.8, 4) is 5.75 Å². The fourth-order valence-corrected chi connectivity index (χ4v) is 4.33. The number of thioether (sulfide) groups is 1. The third-order valence-corrected chi connectivity index (χ3v) is 6.45. The molecule has 2 N–H and O–H groups in total. The van der Waals surface area contributed by atoms with Crippen LogP contribution in [0.3, 0.4) is 0 Å². The van der Waals surface area contributed by atoms with Gasteiger partial charge in [-0.25, -0.2) is 13.1 Å². The van der Waals surface area contributed by atoms with Gasteiger partial charge in [0, 0.05) is 17.0 Å². The van der Waals surface area contributed by atoms with E-state index in [2.05, 4.69) is 10.0 Å². The second-order valence-electron chi connectivity index (χ2n) is 6.23. The quantitative estimate of drug-likeness (QED) is 0.603. The van der Waals surface area contributed by atoms with E-state index in [0.29, 0.717) is 13.0 Å². The summed E-state index contributed by atoms with van der Waals surface area (Å²) in [4.78, 5) is 13.8. The summed E-state index contributed by atoms with van der Waals surface area (Å²) >= 11 is 1.65. The summed E-state index contributed by atoms with van der Waals surface area (Å²) in [5, 5.41) is 2.91. The highest BCUT2D eigenvalue weighted by atomic mass is 32.2. The van der Waals surface area contributed by atoms with E-state index in [1.165, 1.54) is 19.2 Å². The monoisotopic (exact) mass is 422 g/mol. The Morgan fingerprint density at radius 1 is 1.18 bits per heavy atom. The van der Waals surface area contributed by atoms with Crippen molar-refractivity contribution in [2.45, 2.75) is 36.1 Å². The number of carbonyl (C=O) groups is 1. The number of ether oxygens (including phenoxy) is 1. The zero-order valence-electron chi connectivity index (χ0n) is 16.5. The van der Waals surface area contributed by atoms with E-state index in [4.69, 9.17) is 4.74 Å². The maximum Gasteiger partial charge on any atom is 0.251 e. The molecular weight excluding hydrogens is 396 g/mol. The highest BCUT2D eigenvalue weighted by molar-refractivity contribution is 7.98. The summed E-state index contributed by atoms with van der Waals surface area (Å²) in [5.41, 5.74) is 1.22. The van der Waals surface area contributed by atoms with Crippen LogP contribution in [0, 0.1) is 0 Å². The van der Waals surface area contributed by atoms with Crippen LogP contribution in [0.25, 0.3) is 0 Å². The predicted octanol–water partition coefficient (Wildman–Crippen LogP) is 3.60. The maximum absolute atomic E-state index is 12.7. The number of amides is 1. The lowest BCUT2D eigenvalue weighted by molar-refractivity contribution is 0.0939. The third-order valence-electron chi connectivity index (χ3n) is 4.22. The number of carbonyl (C=O) groups excluding carboxylic acids is 1. The standard InChI is InChI=1S/C20H26N2O4S2/c1-5-12-21-28(24,25)19-13-16(8-11-18(19)26-3)20(23)22-14(2)15-6-9-17(27-4)10-7-15/h6-11,13-14,21H,5,12H2,1-4H3,(H,22,23). The lowest BCUT2D eigenvalue weighted by atomic mass is 10.1. The Morgan fingerprint density at radius 2 is 1.86 bits per heavy atom. The average molecular weight is 423 g/mol. The van der Waals surface area contributed by atoms with Crippen LogP contribution in [0.5, 0.6) is 5.75 Å². The van der Waals surface area contributed by atoms with Gasteiger partial charge in [0.05, 0.1) is 13.2 Å². The lowest BCUT2D eigenvalue weighted by Gasteiger charge is -2.16. The lowest BCUT2D eigenvalue weighted by Crippen LogP contribution is -2.28. The summed E-state index contributed by atoms with van der Waals surface area (Å²) in [6.45, 7) is 4.07. The smallest absolute Gasteiger partial charge is 0.251 e. The summed E-state index contributed by atoms with van der Waals surface area (Å²) < 4.78 is 32.7. The Balaban J connectivity index is 2.24. The third kappa shape index (κ3) is 5.50. The Kier molecular flexibility index (Phi) is 7.91. The fraction of sp³-hybridized carbons (Fsp3) is 0.350. The first-order valence-corrected chi connectivity index (χ1v) is 11.7. The fourth-order valence-electron chi connectivity index (χ4n) is 2.60. The van der Waals surface area contributed by atoms with Gasteiger partial charge in [0.2, 0.25) is 10.0 Å². The predicted molar refractivity (Wildman–Crippen MR) is 113 cm³/mol. The van der Waals surface area contributed by atoms with Crippen molar-refractivity contribution in [2.24, 2.45) is 0 Å². The molecule has 0 aromatic heterocycles. The number of hydrogen-bond acceptors (Lipinski definition) is 5. The molecule has 0 spiro atoms. The van der Waals surface area contributed by atoms with E-state index in [0.717, 1.165) is 10.5 Å². The molecule has 0 saturated carbocycles. The maximum atomic E-state index is 12.7. The first-order valence-electron chi connectivity index (χ1n) is 8.95. The van der Waals surface area contributed by atoms with E-state index in [9.17, 15) is 13.2 Å². The minimum absolute atomic E-state index is 0.0481. The molecule has 0 heterocycles. The van der Waals surface area contributed by atoms with Crippen molar-refractivity contribution in [1.82, 2.24) is 10.0 Å².